The predicted octanol–water partition coefficient (Wildman–Crippen LogP) is 0.706. The van der Waals surface area contributed by atoms with E-state index in [0.717, 1.165) is 11.8 Å². The minimum absolute atomic E-state index is 0.109. The quantitative estimate of drug-likeness (QED) is 0.648. The first kappa shape index (κ1) is 8.74. The Morgan fingerprint density at radius 2 is 2.25 bits per heavy atom. The van der Waals surface area contributed by atoms with Crippen LogP contribution in [0, 0.1) is 0 Å². The van der Waals surface area contributed by atoms with E-state index >= 15 is 0 Å². The average molecular weight is 165 g/mol. The number of carbonyl (C=O) groups is 1. The first-order chi connectivity index (χ1) is 5.77. The lowest BCUT2D eigenvalue weighted by molar-refractivity contribution is 0.112. The zero-order valence-electron chi connectivity index (χ0n) is 6.66. The van der Waals surface area contributed by atoms with E-state index < -0.39 is 0 Å². The van der Waals surface area contributed by atoms with Gasteiger partial charge >= 0.3 is 0 Å². The molecule has 0 heterocycles. The summed E-state index contributed by atoms with van der Waals surface area (Å²) in [5.74, 6) is 0.109. The molecule has 0 atom stereocenters. The van der Waals surface area contributed by atoms with Crippen LogP contribution in [0.25, 0.3) is 0 Å². The Morgan fingerprint density at radius 1 is 1.50 bits per heavy atom. The molecule has 0 unspecified atom stereocenters. The van der Waals surface area contributed by atoms with Crippen LogP contribution in [0.5, 0.6) is 5.75 Å². The normalized spacial score (nSPS) is 9.75. The lowest BCUT2D eigenvalue weighted by Gasteiger charge is -2.02. The van der Waals surface area contributed by atoms with Crippen molar-refractivity contribution in [1.82, 2.24) is 0 Å². The van der Waals surface area contributed by atoms with E-state index in [4.69, 9.17) is 10.8 Å². The molecule has 1 aromatic rings. The molecule has 0 aliphatic rings. The molecular weight excluding hydrogens is 154 g/mol. The van der Waals surface area contributed by atoms with Crippen molar-refractivity contribution < 1.29 is 9.90 Å². The van der Waals surface area contributed by atoms with Gasteiger partial charge in [-0.05, 0) is 30.7 Å². The lowest BCUT2D eigenvalue weighted by Crippen LogP contribution is -2.04. The number of aldehydes is 1. The van der Waals surface area contributed by atoms with Crippen LogP contribution in [0.15, 0.2) is 18.2 Å². The molecule has 0 saturated heterocycles. The summed E-state index contributed by atoms with van der Waals surface area (Å²) < 4.78 is 0. The molecule has 0 radical (unpaired) electrons. The average Bonchev–Trinajstić information content (AvgIpc) is 2.08. The number of nitrogens with two attached hydrogens (primary N) is 1. The van der Waals surface area contributed by atoms with Crippen LogP contribution in [-0.4, -0.2) is 17.9 Å². The van der Waals surface area contributed by atoms with Crippen molar-refractivity contribution in [2.45, 2.75) is 6.42 Å². The summed E-state index contributed by atoms with van der Waals surface area (Å²) in [6.45, 7) is 0.506. The number of hydrogen-bond acceptors (Lipinski definition) is 3. The van der Waals surface area contributed by atoms with Crippen molar-refractivity contribution in [3.8, 4) is 5.75 Å². The van der Waals surface area contributed by atoms with E-state index in [-0.39, 0.29) is 5.75 Å². The van der Waals surface area contributed by atoms with E-state index in [1.165, 1.54) is 6.07 Å². The van der Waals surface area contributed by atoms with Gasteiger partial charge in [0.15, 0.2) is 0 Å². The molecule has 3 heteroatoms. The number of rotatable bonds is 3. The van der Waals surface area contributed by atoms with E-state index in [2.05, 4.69) is 0 Å². The van der Waals surface area contributed by atoms with Gasteiger partial charge in [-0.25, -0.2) is 0 Å². The standard InChI is InChI=1S/C9H11NO2/c10-4-3-7-1-2-9(12)5-8(7)6-11/h1-2,5-6,12H,3-4,10H2. The topological polar surface area (TPSA) is 63.3 Å². The molecule has 1 rings (SSSR count). The summed E-state index contributed by atoms with van der Waals surface area (Å²) in [5, 5.41) is 9.05. The number of hydrogen-bond donors (Lipinski definition) is 2. The molecule has 64 valence electrons. The van der Waals surface area contributed by atoms with Crippen molar-refractivity contribution in [1.29, 1.82) is 0 Å². The third-order valence-electron chi connectivity index (χ3n) is 1.67. The van der Waals surface area contributed by atoms with Crippen LogP contribution in [-0.2, 0) is 6.42 Å². The SMILES string of the molecule is NCCc1ccc(O)cc1C=O. The van der Waals surface area contributed by atoms with Crippen LogP contribution < -0.4 is 5.73 Å². The van der Waals surface area contributed by atoms with Crippen LogP contribution in [0.2, 0.25) is 0 Å². The minimum atomic E-state index is 0.109. The first-order valence-corrected chi connectivity index (χ1v) is 3.75. The molecule has 3 N–H and O–H groups in total. The van der Waals surface area contributed by atoms with Crippen molar-refractivity contribution in [2.24, 2.45) is 5.73 Å². The Hall–Kier alpha value is -1.35. The van der Waals surface area contributed by atoms with Crippen molar-refractivity contribution >= 4 is 6.29 Å². The summed E-state index contributed by atoms with van der Waals surface area (Å²) >= 11 is 0. The molecule has 0 spiro atoms. The molecule has 0 fully saturated rings. The van der Waals surface area contributed by atoms with Crippen molar-refractivity contribution in [2.75, 3.05) is 6.54 Å². The fraction of sp³-hybridized carbons (Fsp3) is 0.222. The van der Waals surface area contributed by atoms with Gasteiger partial charge in [0.05, 0.1) is 0 Å². The molecule has 0 saturated carbocycles. The van der Waals surface area contributed by atoms with Gasteiger partial charge in [-0.3, -0.25) is 4.79 Å². The Bertz CT molecular complexity index is 284. The van der Waals surface area contributed by atoms with Crippen LogP contribution >= 0.6 is 0 Å². The fourth-order valence-electron chi connectivity index (χ4n) is 1.08. The molecule has 0 bridgehead atoms. The zero-order valence-corrected chi connectivity index (χ0v) is 6.66. The lowest BCUT2D eigenvalue weighted by atomic mass is 10.1. The van der Waals surface area contributed by atoms with Crippen LogP contribution in [0.3, 0.4) is 0 Å². The van der Waals surface area contributed by atoms with E-state index in [1.807, 2.05) is 0 Å². The third-order valence-corrected chi connectivity index (χ3v) is 1.67. The van der Waals surface area contributed by atoms with E-state index in [0.29, 0.717) is 18.5 Å². The number of phenols is 1. The van der Waals surface area contributed by atoms with Crippen molar-refractivity contribution in [3.05, 3.63) is 29.3 Å². The van der Waals surface area contributed by atoms with E-state index in [1.54, 1.807) is 12.1 Å². The summed E-state index contributed by atoms with van der Waals surface area (Å²) in [6.07, 6.45) is 1.39. The van der Waals surface area contributed by atoms with Gasteiger partial charge in [0, 0.05) is 5.56 Å². The van der Waals surface area contributed by atoms with E-state index in [9.17, 15) is 4.79 Å². The second-order valence-corrected chi connectivity index (χ2v) is 2.54. The molecule has 0 amide bonds. The number of benzene rings is 1. The maximum Gasteiger partial charge on any atom is 0.150 e. The highest BCUT2D eigenvalue weighted by Crippen LogP contribution is 2.14. The summed E-state index contributed by atoms with van der Waals surface area (Å²) in [4.78, 5) is 10.5. The Labute approximate surface area is 70.8 Å². The molecule has 3 nitrogen and oxygen atoms in total. The van der Waals surface area contributed by atoms with Gasteiger partial charge in [0.2, 0.25) is 0 Å². The minimum Gasteiger partial charge on any atom is -0.508 e. The summed E-state index contributed by atoms with van der Waals surface area (Å²) in [6, 6.07) is 4.71. The maximum absolute atomic E-state index is 10.5. The largest absolute Gasteiger partial charge is 0.508 e. The Kier molecular flexibility index (Phi) is 2.82. The van der Waals surface area contributed by atoms with Gasteiger partial charge in [-0.15, -0.1) is 0 Å². The second-order valence-electron chi connectivity index (χ2n) is 2.54. The van der Waals surface area contributed by atoms with Gasteiger partial charge in [0.1, 0.15) is 12.0 Å². The van der Waals surface area contributed by atoms with Crippen LogP contribution in [0.1, 0.15) is 15.9 Å². The predicted molar refractivity (Wildman–Crippen MR) is 46.3 cm³/mol. The van der Waals surface area contributed by atoms with Crippen molar-refractivity contribution in [3.63, 3.8) is 0 Å². The van der Waals surface area contributed by atoms with Gasteiger partial charge in [-0.2, -0.15) is 0 Å². The monoisotopic (exact) mass is 165 g/mol. The third kappa shape index (κ3) is 1.83. The Balaban J connectivity index is 3.02. The maximum atomic E-state index is 10.5. The fourth-order valence-corrected chi connectivity index (χ4v) is 1.08. The highest BCUT2D eigenvalue weighted by molar-refractivity contribution is 5.78. The number of aromatic hydroxyl groups is 1. The highest BCUT2D eigenvalue weighted by Gasteiger charge is 2.00. The zero-order chi connectivity index (χ0) is 8.97. The molecule has 0 aromatic heterocycles. The van der Waals surface area contributed by atoms with Gasteiger partial charge in [0.25, 0.3) is 0 Å². The van der Waals surface area contributed by atoms with Gasteiger partial charge in [-0.1, -0.05) is 6.07 Å². The van der Waals surface area contributed by atoms with Gasteiger partial charge < -0.3 is 10.8 Å². The molecular formula is C9H11NO2. The van der Waals surface area contributed by atoms with Crippen LogP contribution in [0.4, 0.5) is 0 Å². The first-order valence-electron chi connectivity index (χ1n) is 3.75. The number of phenolic OH excluding ortho intramolecular Hbond substituents is 1. The molecule has 12 heavy (non-hydrogen) atoms. The number of carbonyl (C=O) groups excluding carboxylic acids is 1. The smallest absolute Gasteiger partial charge is 0.150 e. The summed E-state index contributed by atoms with van der Waals surface area (Å²) in [5.41, 5.74) is 6.74. The highest BCUT2D eigenvalue weighted by atomic mass is 16.3. The Morgan fingerprint density at radius 3 is 2.83 bits per heavy atom. The molecule has 0 aliphatic heterocycles. The second kappa shape index (κ2) is 3.88. The molecule has 0 aliphatic carbocycles. The summed E-state index contributed by atoms with van der Waals surface area (Å²) in [7, 11) is 0. The molecule has 1 aromatic carbocycles.